The summed E-state index contributed by atoms with van der Waals surface area (Å²) in [7, 11) is 0. The predicted molar refractivity (Wildman–Crippen MR) is 89.4 cm³/mol. The summed E-state index contributed by atoms with van der Waals surface area (Å²) in [5, 5.41) is 3.83. The van der Waals surface area contributed by atoms with Gasteiger partial charge in [0.05, 0.1) is 0 Å². The van der Waals surface area contributed by atoms with Gasteiger partial charge in [0.1, 0.15) is 0 Å². The zero-order chi connectivity index (χ0) is 14.9. The Hall–Kier alpha value is -0.860. The summed E-state index contributed by atoms with van der Waals surface area (Å²) in [6, 6.07) is 12.3. The van der Waals surface area contributed by atoms with Crippen LogP contribution < -0.4 is 5.32 Å². The zero-order valence-corrected chi connectivity index (χ0v) is 13.8. The second kappa shape index (κ2) is 6.10. The third kappa shape index (κ3) is 2.89. The molecule has 2 aliphatic rings. The lowest BCUT2D eigenvalue weighted by atomic mass is 9.74. The van der Waals surface area contributed by atoms with E-state index in [2.05, 4.69) is 61.3 Å². The second-order valence-corrected chi connectivity index (χ2v) is 7.33. The third-order valence-electron chi connectivity index (χ3n) is 5.98. The van der Waals surface area contributed by atoms with E-state index >= 15 is 0 Å². The third-order valence-corrected chi connectivity index (χ3v) is 5.98. The molecular formula is C19H30N2. The molecule has 3 rings (SSSR count). The van der Waals surface area contributed by atoms with Gasteiger partial charge in [-0.3, -0.25) is 4.90 Å². The first-order chi connectivity index (χ1) is 10.1. The van der Waals surface area contributed by atoms with Gasteiger partial charge in [-0.2, -0.15) is 0 Å². The molecule has 3 unspecified atom stereocenters. The Labute approximate surface area is 129 Å². The van der Waals surface area contributed by atoms with Crippen molar-refractivity contribution in [2.24, 2.45) is 5.92 Å². The number of benzene rings is 1. The van der Waals surface area contributed by atoms with Gasteiger partial charge in [0.2, 0.25) is 0 Å². The smallest absolute Gasteiger partial charge is 0.0478 e. The molecule has 3 atom stereocenters. The fraction of sp³-hybridized carbons (Fsp3) is 0.684. The Balaban J connectivity index is 1.83. The first-order valence-electron chi connectivity index (χ1n) is 8.69. The van der Waals surface area contributed by atoms with Gasteiger partial charge in [-0.25, -0.2) is 0 Å². The van der Waals surface area contributed by atoms with E-state index in [1.54, 1.807) is 0 Å². The van der Waals surface area contributed by atoms with Gasteiger partial charge in [0.25, 0.3) is 0 Å². The summed E-state index contributed by atoms with van der Waals surface area (Å²) >= 11 is 0. The maximum Gasteiger partial charge on any atom is 0.0478 e. The first-order valence-corrected chi connectivity index (χ1v) is 8.69. The van der Waals surface area contributed by atoms with Crippen LogP contribution in [0.25, 0.3) is 0 Å². The maximum atomic E-state index is 3.83. The van der Waals surface area contributed by atoms with Crippen LogP contribution in [-0.4, -0.2) is 29.6 Å². The average molecular weight is 286 g/mol. The van der Waals surface area contributed by atoms with Gasteiger partial charge >= 0.3 is 0 Å². The minimum absolute atomic E-state index is 0.425. The van der Waals surface area contributed by atoms with Crippen molar-refractivity contribution in [2.45, 2.75) is 64.1 Å². The Bertz CT molecular complexity index is 452. The van der Waals surface area contributed by atoms with E-state index in [-0.39, 0.29) is 0 Å². The van der Waals surface area contributed by atoms with Crippen LogP contribution in [0.1, 0.15) is 58.1 Å². The zero-order valence-electron chi connectivity index (χ0n) is 13.8. The maximum absolute atomic E-state index is 3.83. The molecule has 0 radical (unpaired) electrons. The minimum Gasteiger partial charge on any atom is -0.311 e. The Kier molecular flexibility index (Phi) is 4.37. The highest BCUT2D eigenvalue weighted by atomic mass is 15.3. The Morgan fingerprint density at radius 2 is 2.00 bits per heavy atom. The summed E-state index contributed by atoms with van der Waals surface area (Å²) in [4.78, 5) is 2.82. The Morgan fingerprint density at radius 1 is 1.29 bits per heavy atom. The highest BCUT2D eigenvalue weighted by Crippen LogP contribution is 2.43. The van der Waals surface area contributed by atoms with Crippen LogP contribution in [-0.2, 0) is 0 Å². The van der Waals surface area contributed by atoms with Gasteiger partial charge in [-0.05, 0) is 37.7 Å². The van der Waals surface area contributed by atoms with Crippen molar-refractivity contribution in [1.82, 2.24) is 10.2 Å². The van der Waals surface area contributed by atoms with Crippen LogP contribution in [0, 0.1) is 5.92 Å². The molecule has 0 spiro atoms. The van der Waals surface area contributed by atoms with Gasteiger partial charge in [0, 0.05) is 30.7 Å². The highest BCUT2D eigenvalue weighted by Gasteiger charge is 2.44. The van der Waals surface area contributed by atoms with E-state index in [0.717, 1.165) is 12.5 Å². The topological polar surface area (TPSA) is 15.3 Å². The molecule has 1 saturated heterocycles. The van der Waals surface area contributed by atoms with E-state index in [9.17, 15) is 0 Å². The molecular weight excluding hydrogens is 256 g/mol. The SMILES string of the molecule is CCC(C)C1CN(C2(C)CCC2)C(c2ccccc2)CN1. The fourth-order valence-electron chi connectivity index (χ4n) is 3.99. The lowest BCUT2D eigenvalue weighted by Crippen LogP contribution is -2.63. The molecule has 2 fully saturated rings. The summed E-state index contributed by atoms with van der Waals surface area (Å²) in [6.07, 6.45) is 5.39. The van der Waals surface area contributed by atoms with Crippen molar-refractivity contribution in [3.05, 3.63) is 35.9 Å². The van der Waals surface area contributed by atoms with Gasteiger partial charge < -0.3 is 5.32 Å². The molecule has 2 heteroatoms. The predicted octanol–water partition coefficient (Wildman–Crippen LogP) is 3.99. The van der Waals surface area contributed by atoms with Crippen LogP contribution in [0.2, 0.25) is 0 Å². The number of nitrogens with zero attached hydrogens (tertiary/aromatic N) is 1. The average Bonchev–Trinajstić information content (AvgIpc) is 2.52. The van der Waals surface area contributed by atoms with Gasteiger partial charge in [-0.1, -0.05) is 50.6 Å². The number of piperazine rings is 1. The quantitative estimate of drug-likeness (QED) is 0.900. The molecule has 2 nitrogen and oxygen atoms in total. The molecule has 1 aromatic rings. The molecule has 1 heterocycles. The van der Waals surface area contributed by atoms with Crippen LogP contribution in [0.3, 0.4) is 0 Å². The molecule has 0 bridgehead atoms. The van der Waals surface area contributed by atoms with Crippen molar-refractivity contribution >= 4 is 0 Å². The number of nitrogens with one attached hydrogen (secondary N) is 1. The summed E-state index contributed by atoms with van der Waals surface area (Å²) in [6.45, 7) is 9.47. The number of hydrogen-bond donors (Lipinski definition) is 1. The molecule has 1 aromatic carbocycles. The minimum atomic E-state index is 0.425. The van der Waals surface area contributed by atoms with E-state index < -0.39 is 0 Å². The van der Waals surface area contributed by atoms with E-state index in [1.165, 1.54) is 37.8 Å². The first kappa shape index (κ1) is 15.1. The summed E-state index contributed by atoms with van der Waals surface area (Å²) in [5.41, 5.74) is 1.90. The van der Waals surface area contributed by atoms with Crippen LogP contribution in [0.4, 0.5) is 0 Å². The van der Waals surface area contributed by atoms with Gasteiger partial charge in [0.15, 0.2) is 0 Å². The Morgan fingerprint density at radius 3 is 2.57 bits per heavy atom. The molecule has 116 valence electrons. The van der Waals surface area contributed by atoms with Crippen LogP contribution in [0.5, 0.6) is 0 Å². The van der Waals surface area contributed by atoms with Crippen molar-refractivity contribution < 1.29 is 0 Å². The lowest BCUT2D eigenvalue weighted by Gasteiger charge is -2.55. The highest BCUT2D eigenvalue weighted by molar-refractivity contribution is 5.22. The van der Waals surface area contributed by atoms with E-state index in [4.69, 9.17) is 0 Å². The standard InChI is InChI=1S/C19H30N2/c1-4-15(2)17-14-21(19(3)11-8-12-19)18(13-20-17)16-9-6-5-7-10-16/h5-7,9-10,15,17-18,20H,4,8,11-14H2,1-3H3. The molecule has 0 aromatic heterocycles. The molecule has 1 aliphatic carbocycles. The number of rotatable bonds is 4. The summed E-state index contributed by atoms with van der Waals surface area (Å²) in [5.74, 6) is 0.757. The molecule has 1 saturated carbocycles. The normalized spacial score (nSPS) is 30.6. The largest absolute Gasteiger partial charge is 0.311 e. The molecule has 0 amide bonds. The molecule has 1 aliphatic heterocycles. The van der Waals surface area contributed by atoms with Crippen molar-refractivity contribution in [2.75, 3.05) is 13.1 Å². The second-order valence-electron chi connectivity index (χ2n) is 7.33. The van der Waals surface area contributed by atoms with Crippen molar-refractivity contribution in [3.63, 3.8) is 0 Å². The fourth-order valence-corrected chi connectivity index (χ4v) is 3.99. The van der Waals surface area contributed by atoms with Crippen LogP contribution >= 0.6 is 0 Å². The number of hydrogen-bond acceptors (Lipinski definition) is 2. The molecule has 21 heavy (non-hydrogen) atoms. The van der Waals surface area contributed by atoms with Crippen LogP contribution in [0.15, 0.2) is 30.3 Å². The lowest BCUT2D eigenvalue weighted by molar-refractivity contribution is -0.0359. The molecule has 1 N–H and O–H groups in total. The van der Waals surface area contributed by atoms with Crippen molar-refractivity contribution in [3.8, 4) is 0 Å². The van der Waals surface area contributed by atoms with E-state index in [0.29, 0.717) is 17.6 Å². The summed E-state index contributed by atoms with van der Waals surface area (Å²) < 4.78 is 0. The monoisotopic (exact) mass is 286 g/mol. The van der Waals surface area contributed by atoms with Crippen molar-refractivity contribution in [1.29, 1.82) is 0 Å². The van der Waals surface area contributed by atoms with E-state index in [1.807, 2.05) is 0 Å². The van der Waals surface area contributed by atoms with Gasteiger partial charge in [-0.15, -0.1) is 0 Å².